The Morgan fingerprint density at radius 2 is 1.95 bits per heavy atom. The highest BCUT2D eigenvalue weighted by Crippen LogP contribution is 2.33. The van der Waals surface area contributed by atoms with Crippen molar-refractivity contribution in [3.05, 3.63) is 59.3 Å². The minimum Gasteiger partial charge on any atom is -0.348 e. The Balaban J connectivity index is 1.85. The second-order valence-electron chi connectivity index (χ2n) is 6.24. The lowest BCUT2D eigenvalue weighted by Crippen LogP contribution is -2.26. The predicted molar refractivity (Wildman–Crippen MR) is 88.7 cm³/mol. The lowest BCUT2D eigenvalue weighted by molar-refractivity contribution is 0.775. The fraction of sp³-hybridized carbons (Fsp3) is 0.368. The summed E-state index contributed by atoms with van der Waals surface area (Å²) in [6.45, 7) is 5.23. The van der Waals surface area contributed by atoms with Crippen molar-refractivity contribution in [2.24, 2.45) is 0 Å². The SMILES string of the molecule is CC(C)c1ccc(CN(c2ncccc2C#N)C2CC2)cc1. The van der Waals surface area contributed by atoms with Crippen LogP contribution in [0.25, 0.3) is 0 Å². The largest absolute Gasteiger partial charge is 0.348 e. The second kappa shape index (κ2) is 6.19. The first-order valence-electron chi connectivity index (χ1n) is 7.89. The molecule has 3 nitrogen and oxygen atoms in total. The molecule has 1 aliphatic rings. The third kappa shape index (κ3) is 3.12. The molecule has 22 heavy (non-hydrogen) atoms. The number of aromatic nitrogens is 1. The van der Waals surface area contributed by atoms with Gasteiger partial charge in [0.05, 0.1) is 5.56 Å². The van der Waals surface area contributed by atoms with E-state index in [0.29, 0.717) is 17.5 Å². The highest BCUT2D eigenvalue weighted by atomic mass is 15.2. The molecule has 0 N–H and O–H groups in total. The molecule has 1 saturated carbocycles. The molecule has 2 aromatic rings. The zero-order valence-electron chi connectivity index (χ0n) is 13.2. The maximum atomic E-state index is 9.32. The molecule has 3 rings (SSSR count). The topological polar surface area (TPSA) is 39.9 Å². The van der Waals surface area contributed by atoms with Crippen LogP contribution in [0.2, 0.25) is 0 Å². The van der Waals surface area contributed by atoms with E-state index in [1.54, 1.807) is 6.20 Å². The summed E-state index contributed by atoms with van der Waals surface area (Å²) in [7, 11) is 0. The number of rotatable bonds is 5. The van der Waals surface area contributed by atoms with Gasteiger partial charge in [-0.2, -0.15) is 5.26 Å². The van der Waals surface area contributed by atoms with Crippen LogP contribution in [0.5, 0.6) is 0 Å². The molecule has 3 heteroatoms. The molecule has 0 atom stereocenters. The molecule has 0 amide bonds. The third-order valence-corrected chi connectivity index (χ3v) is 4.17. The summed E-state index contributed by atoms with van der Waals surface area (Å²) in [6.07, 6.45) is 4.14. The molecule has 1 aliphatic carbocycles. The van der Waals surface area contributed by atoms with E-state index < -0.39 is 0 Å². The zero-order valence-corrected chi connectivity index (χ0v) is 13.2. The fourth-order valence-electron chi connectivity index (χ4n) is 2.68. The number of benzene rings is 1. The van der Waals surface area contributed by atoms with Gasteiger partial charge in [-0.1, -0.05) is 38.1 Å². The molecule has 1 fully saturated rings. The summed E-state index contributed by atoms with van der Waals surface area (Å²) in [4.78, 5) is 6.74. The number of anilines is 1. The van der Waals surface area contributed by atoms with Gasteiger partial charge < -0.3 is 4.90 Å². The van der Waals surface area contributed by atoms with Crippen LogP contribution in [0, 0.1) is 11.3 Å². The first kappa shape index (κ1) is 14.6. The van der Waals surface area contributed by atoms with Crippen LogP contribution >= 0.6 is 0 Å². The van der Waals surface area contributed by atoms with Crippen LogP contribution < -0.4 is 4.90 Å². The number of hydrogen-bond acceptors (Lipinski definition) is 3. The third-order valence-electron chi connectivity index (χ3n) is 4.17. The Labute approximate surface area is 132 Å². The molecule has 112 valence electrons. The van der Waals surface area contributed by atoms with Crippen molar-refractivity contribution in [3.8, 4) is 6.07 Å². The summed E-state index contributed by atoms with van der Waals surface area (Å²) in [6, 6.07) is 15.2. The van der Waals surface area contributed by atoms with Gasteiger partial charge in [0.2, 0.25) is 0 Å². The van der Waals surface area contributed by atoms with E-state index in [4.69, 9.17) is 0 Å². The summed E-state index contributed by atoms with van der Waals surface area (Å²) in [5.74, 6) is 1.37. The van der Waals surface area contributed by atoms with Crippen molar-refractivity contribution < 1.29 is 0 Å². The number of nitrogens with zero attached hydrogens (tertiary/aromatic N) is 3. The lowest BCUT2D eigenvalue weighted by atomic mass is 10.0. The van der Waals surface area contributed by atoms with Crippen molar-refractivity contribution in [1.29, 1.82) is 5.26 Å². The number of nitriles is 1. The minimum absolute atomic E-state index is 0.520. The molecule has 1 aromatic heterocycles. The molecule has 0 aliphatic heterocycles. The van der Waals surface area contributed by atoms with Crippen molar-refractivity contribution in [1.82, 2.24) is 4.98 Å². The predicted octanol–water partition coefficient (Wildman–Crippen LogP) is 4.25. The monoisotopic (exact) mass is 291 g/mol. The second-order valence-corrected chi connectivity index (χ2v) is 6.24. The van der Waals surface area contributed by atoms with E-state index in [0.717, 1.165) is 12.4 Å². The van der Waals surface area contributed by atoms with E-state index in [-0.39, 0.29) is 0 Å². The van der Waals surface area contributed by atoms with Crippen molar-refractivity contribution in [2.45, 2.75) is 45.2 Å². The molecule has 0 spiro atoms. The van der Waals surface area contributed by atoms with Gasteiger partial charge in [-0.25, -0.2) is 4.98 Å². The van der Waals surface area contributed by atoms with Crippen LogP contribution in [0.4, 0.5) is 5.82 Å². The average molecular weight is 291 g/mol. The molecule has 1 aromatic carbocycles. The highest BCUT2D eigenvalue weighted by Gasteiger charge is 2.31. The highest BCUT2D eigenvalue weighted by molar-refractivity contribution is 5.55. The Morgan fingerprint density at radius 1 is 1.23 bits per heavy atom. The van der Waals surface area contributed by atoms with Gasteiger partial charge in [0.1, 0.15) is 11.9 Å². The molecule has 0 radical (unpaired) electrons. The van der Waals surface area contributed by atoms with Gasteiger partial charge in [-0.15, -0.1) is 0 Å². The Morgan fingerprint density at radius 3 is 2.55 bits per heavy atom. The quantitative estimate of drug-likeness (QED) is 0.827. The van der Waals surface area contributed by atoms with Crippen molar-refractivity contribution in [3.63, 3.8) is 0 Å². The van der Waals surface area contributed by atoms with Crippen LogP contribution in [-0.4, -0.2) is 11.0 Å². The summed E-state index contributed by atoms with van der Waals surface area (Å²) < 4.78 is 0. The zero-order chi connectivity index (χ0) is 15.5. The van der Waals surface area contributed by atoms with Gasteiger partial charge in [0.15, 0.2) is 0 Å². The molecule has 0 unspecified atom stereocenters. The summed E-state index contributed by atoms with van der Waals surface area (Å²) >= 11 is 0. The minimum atomic E-state index is 0.520. The first-order valence-corrected chi connectivity index (χ1v) is 7.89. The Kier molecular flexibility index (Phi) is 4.11. The van der Waals surface area contributed by atoms with Gasteiger partial charge in [0, 0.05) is 18.8 Å². The van der Waals surface area contributed by atoms with E-state index in [2.05, 4.69) is 54.1 Å². The number of hydrogen-bond donors (Lipinski definition) is 0. The van der Waals surface area contributed by atoms with Crippen LogP contribution in [-0.2, 0) is 6.54 Å². The van der Waals surface area contributed by atoms with Gasteiger partial charge >= 0.3 is 0 Å². The Hall–Kier alpha value is -2.34. The van der Waals surface area contributed by atoms with Crippen LogP contribution in [0.1, 0.15) is 49.3 Å². The van der Waals surface area contributed by atoms with Gasteiger partial charge in [-0.3, -0.25) is 0 Å². The molecular formula is C19H21N3. The molecule has 0 saturated heterocycles. The Bertz CT molecular complexity index is 679. The smallest absolute Gasteiger partial charge is 0.147 e. The van der Waals surface area contributed by atoms with Gasteiger partial charge in [0.25, 0.3) is 0 Å². The molecular weight excluding hydrogens is 270 g/mol. The van der Waals surface area contributed by atoms with E-state index in [1.807, 2.05) is 12.1 Å². The van der Waals surface area contributed by atoms with Crippen molar-refractivity contribution >= 4 is 5.82 Å². The normalized spacial score (nSPS) is 13.9. The molecule has 0 bridgehead atoms. The first-order chi connectivity index (χ1) is 10.7. The van der Waals surface area contributed by atoms with E-state index in [9.17, 15) is 5.26 Å². The maximum absolute atomic E-state index is 9.32. The lowest BCUT2D eigenvalue weighted by Gasteiger charge is -2.24. The fourth-order valence-corrected chi connectivity index (χ4v) is 2.68. The molecule has 1 heterocycles. The van der Waals surface area contributed by atoms with Crippen LogP contribution in [0.3, 0.4) is 0 Å². The standard InChI is InChI=1S/C19H21N3/c1-14(2)16-7-5-15(6-8-16)13-22(18-9-10-18)19-17(12-20)4-3-11-21-19/h3-8,11,14,18H,9-10,13H2,1-2H3. The van der Waals surface area contributed by atoms with Crippen molar-refractivity contribution in [2.75, 3.05) is 4.90 Å². The van der Waals surface area contributed by atoms with E-state index >= 15 is 0 Å². The average Bonchev–Trinajstić information content (AvgIpc) is 3.38. The van der Waals surface area contributed by atoms with Crippen LogP contribution in [0.15, 0.2) is 42.6 Å². The maximum Gasteiger partial charge on any atom is 0.147 e. The summed E-state index contributed by atoms with van der Waals surface area (Å²) in [5.41, 5.74) is 3.29. The van der Waals surface area contributed by atoms with Gasteiger partial charge in [-0.05, 0) is 42.0 Å². The summed E-state index contributed by atoms with van der Waals surface area (Å²) in [5, 5.41) is 9.32. The van der Waals surface area contributed by atoms with E-state index in [1.165, 1.54) is 24.0 Å². The number of pyridine rings is 1.